The maximum Gasteiger partial charge on any atom is 0.339 e. The molecule has 6 heteroatoms. The third-order valence-corrected chi connectivity index (χ3v) is 2.88. The van der Waals surface area contributed by atoms with E-state index in [-0.39, 0.29) is 11.6 Å². The second-order valence-corrected chi connectivity index (χ2v) is 4.05. The first-order valence-electron chi connectivity index (χ1n) is 5.74. The molecule has 0 aromatic heterocycles. The van der Waals surface area contributed by atoms with Crippen LogP contribution in [0.5, 0.6) is 0 Å². The molecule has 19 heavy (non-hydrogen) atoms. The standard InChI is InChI=1S/C13H16N2O4/c1-15-8-9(12(16)18-2)7-10(13(17)19-3)11(15)5-4-6-14/h7-8,11H,4-5H2,1-3H3. The van der Waals surface area contributed by atoms with Gasteiger partial charge in [-0.1, -0.05) is 0 Å². The normalized spacial score (nSPS) is 18.0. The summed E-state index contributed by atoms with van der Waals surface area (Å²) in [6.07, 6.45) is 3.85. The Balaban J connectivity index is 3.08. The van der Waals surface area contributed by atoms with Crippen molar-refractivity contribution in [2.45, 2.75) is 18.9 Å². The fraction of sp³-hybridized carbons (Fsp3) is 0.462. The first kappa shape index (κ1) is 14.8. The molecule has 1 unspecified atom stereocenters. The predicted octanol–water partition coefficient (Wildman–Crippen LogP) is 0.760. The molecule has 6 nitrogen and oxygen atoms in total. The summed E-state index contributed by atoms with van der Waals surface area (Å²) in [6.45, 7) is 0. The molecule has 0 N–H and O–H groups in total. The number of methoxy groups -OCH3 is 2. The summed E-state index contributed by atoms with van der Waals surface area (Å²) >= 11 is 0. The average Bonchev–Trinajstić information content (AvgIpc) is 2.43. The second kappa shape index (κ2) is 6.59. The maximum atomic E-state index is 11.8. The molecule has 0 fully saturated rings. The molecule has 1 rings (SSSR count). The number of esters is 2. The molecule has 0 bridgehead atoms. The van der Waals surface area contributed by atoms with E-state index in [2.05, 4.69) is 4.74 Å². The molecule has 0 spiro atoms. The SMILES string of the molecule is COC(=O)C1=CN(C)C(CCC#N)C(C(=O)OC)=C1. The van der Waals surface area contributed by atoms with Crippen LogP contribution in [0, 0.1) is 11.3 Å². The fourth-order valence-electron chi connectivity index (χ4n) is 1.93. The van der Waals surface area contributed by atoms with Gasteiger partial charge in [0, 0.05) is 19.7 Å². The van der Waals surface area contributed by atoms with Crippen LogP contribution in [-0.2, 0) is 19.1 Å². The van der Waals surface area contributed by atoms with Gasteiger partial charge in [-0.05, 0) is 12.5 Å². The van der Waals surface area contributed by atoms with Gasteiger partial charge in [0.15, 0.2) is 0 Å². The zero-order chi connectivity index (χ0) is 14.4. The van der Waals surface area contributed by atoms with E-state index in [9.17, 15) is 9.59 Å². The summed E-state index contributed by atoms with van der Waals surface area (Å²) in [7, 11) is 4.29. The van der Waals surface area contributed by atoms with E-state index in [0.717, 1.165) is 0 Å². The van der Waals surface area contributed by atoms with Gasteiger partial charge in [-0.15, -0.1) is 0 Å². The van der Waals surface area contributed by atoms with Crippen LogP contribution in [0.3, 0.4) is 0 Å². The molecule has 0 aromatic rings. The van der Waals surface area contributed by atoms with Gasteiger partial charge in [0.2, 0.25) is 0 Å². The topological polar surface area (TPSA) is 79.6 Å². The Morgan fingerprint density at radius 3 is 2.53 bits per heavy atom. The van der Waals surface area contributed by atoms with Gasteiger partial charge in [-0.3, -0.25) is 0 Å². The van der Waals surface area contributed by atoms with Crippen LogP contribution in [-0.4, -0.2) is 44.1 Å². The molecule has 0 amide bonds. The van der Waals surface area contributed by atoms with Crippen molar-refractivity contribution < 1.29 is 19.1 Å². The van der Waals surface area contributed by atoms with Crippen molar-refractivity contribution in [3.63, 3.8) is 0 Å². The number of hydrogen-bond donors (Lipinski definition) is 0. The molecule has 0 radical (unpaired) electrons. The molecular formula is C13H16N2O4. The van der Waals surface area contributed by atoms with Crippen LogP contribution in [0.15, 0.2) is 23.4 Å². The summed E-state index contributed by atoms with van der Waals surface area (Å²) in [5.41, 5.74) is 0.627. The zero-order valence-corrected chi connectivity index (χ0v) is 11.2. The molecule has 1 heterocycles. The lowest BCUT2D eigenvalue weighted by atomic mass is 9.95. The van der Waals surface area contributed by atoms with Crippen molar-refractivity contribution in [2.24, 2.45) is 0 Å². The Kier molecular flexibility index (Phi) is 5.12. The minimum absolute atomic E-state index is 0.276. The van der Waals surface area contributed by atoms with E-state index in [4.69, 9.17) is 10.00 Å². The molecule has 102 valence electrons. The van der Waals surface area contributed by atoms with Crippen LogP contribution in [0.1, 0.15) is 12.8 Å². The monoisotopic (exact) mass is 264 g/mol. The Labute approximate surface area is 111 Å². The lowest BCUT2D eigenvalue weighted by Gasteiger charge is -2.31. The fourth-order valence-corrected chi connectivity index (χ4v) is 1.93. The van der Waals surface area contributed by atoms with Crippen molar-refractivity contribution in [3.05, 3.63) is 23.4 Å². The number of carbonyl (C=O) groups is 2. The van der Waals surface area contributed by atoms with Crippen LogP contribution in [0.25, 0.3) is 0 Å². The van der Waals surface area contributed by atoms with E-state index in [1.54, 1.807) is 18.1 Å². The summed E-state index contributed by atoms with van der Waals surface area (Å²) in [4.78, 5) is 25.0. The Morgan fingerprint density at radius 1 is 1.37 bits per heavy atom. The van der Waals surface area contributed by atoms with Crippen molar-refractivity contribution in [2.75, 3.05) is 21.3 Å². The first-order valence-corrected chi connectivity index (χ1v) is 5.74. The van der Waals surface area contributed by atoms with Crippen molar-refractivity contribution in [3.8, 4) is 6.07 Å². The van der Waals surface area contributed by atoms with Crippen LogP contribution in [0.4, 0.5) is 0 Å². The van der Waals surface area contributed by atoms with E-state index >= 15 is 0 Å². The number of nitriles is 1. The van der Waals surface area contributed by atoms with Crippen molar-refractivity contribution >= 4 is 11.9 Å². The molecule has 0 saturated heterocycles. The number of carbonyl (C=O) groups excluding carboxylic acids is 2. The molecule has 0 saturated carbocycles. The summed E-state index contributed by atoms with van der Waals surface area (Å²) in [6, 6.07) is 1.76. The molecular weight excluding hydrogens is 248 g/mol. The van der Waals surface area contributed by atoms with Gasteiger partial charge in [0.25, 0.3) is 0 Å². The highest BCUT2D eigenvalue weighted by atomic mass is 16.5. The maximum absolute atomic E-state index is 11.8. The van der Waals surface area contributed by atoms with Gasteiger partial charge in [-0.2, -0.15) is 5.26 Å². The number of hydrogen-bond acceptors (Lipinski definition) is 6. The molecule has 1 atom stereocenters. The van der Waals surface area contributed by atoms with Gasteiger partial charge >= 0.3 is 11.9 Å². The van der Waals surface area contributed by atoms with Gasteiger partial charge < -0.3 is 14.4 Å². The average molecular weight is 264 g/mol. The minimum atomic E-state index is -0.521. The van der Waals surface area contributed by atoms with Gasteiger partial charge in [0.05, 0.1) is 37.5 Å². The Hall–Kier alpha value is -2.29. The molecule has 0 aliphatic carbocycles. The van der Waals surface area contributed by atoms with E-state index in [0.29, 0.717) is 18.4 Å². The molecule has 0 aromatic carbocycles. The summed E-state index contributed by atoms with van der Waals surface area (Å²) in [5, 5.41) is 8.65. The molecule has 1 aliphatic heterocycles. The Bertz CT molecular complexity index is 474. The number of likely N-dealkylation sites (N-methyl/N-ethyl adjacent to an activating group) is 1. The number of ether oxygens (including phenoxy) is 2. The zero-order valence-electron chi connectivity index (χ0n) is 11.2. The highest BCUT2D eigenvalue weighted by Crippen LogP contribution is 2.24. The van der Waals surface area contributed by atoms with E-state index in [1.165, 1.54) is 20.3 Å². The highest BCUT2D eigenvalue weighted by Gasteiger charge is 2.29. The van der Waals surface area contributed by atoms with Crippen LogP contribution >= 0.6 is 0 Å². The molecule has 1 aliphatic rings. The van der Waals surface area contributed by atoms with Crippen LogP contribution in [0.2, 0.25) is 0 Å². The third-order valence-electron chi connectivity index (χ3n) is 2.88. The first-order chi connectivity index (χ1) is 9.04. The summed E-state index contributed by atoms with van der Waals surface area (Å²) < 4.78 is 9.35. The van der Waals surface area contributed by atoms with Gasteiger partial charge in [-0.25, -0.2) is 9.59 Å². The number of nitrogens with zero attached hydrogens (tertiary/aromatic N) is 2. The van der Waals surface area contributed by atoms with Gasteiger partial charge in [0.1, 0.15) is 0 Å². The smallest absolute Gasteiger partial charge is 0.339 e. The lowest BCUT2D eigenvalue weighted by Crippen LogP contribution is -2.36. The quantitative estimate of drug-likeness (QED) is 0.697. The van der Waals surface area contributed by atoms with E-state index < -0.39 is 11.9 Å². The second-order valence-electron chi connectivity index (χ2n) is 4.05. The van der Waals surface area contributed by atoms with Crippen LogP contribution < -0.4 is 0 Å². The number of rotatable bonds is 4. The lowest BCUT2D eigenvalue weighted by molar-refractivity contribution is -0.136. The summed E-state index contributed by atoms with van der Waals surface area (Å²) in [5.74, 6) is -1.03. The van der Waals surface area contributed by atoms with Crippen molar-refractivity contribution in [1.29, 1.82) is 5.26 Å². The predicted molar refractivity (Wildman–Crippen MR) is 66.6 cm³/mol. The Morgan fingerprint density at radius 2 is 2.00 bits per heavy atom. The third kappa shape index (κ3) is 3.35. The largest absolute Gasteiger partial charge is 0.466 e. The minimum Gasteiger partial charge on any atom is -0.466 e. The highest BCUT2D eigenvalue weighted by molar-refractivity contribution is 5.97. The van der Waals surface area contributed by atoms with Crippen molar-refractivity contribution in [1.82, 2.24) is 4.90 Å². The van der Waals surface area contributed by atoms with E-state index in [1.807, 2.05) is 6.07 Å².